The Bertz CT molecular complexity index is 407. The van der Waals surface area contributed by atoms with Crippen LogP contribution in [-0.2, 0) is 11.2 Å². The molecular formula is C14H19BrFNO. The average Bonchev–Trinajstić information content (AvgIpc) is 2.28. The average molecular weight is 316 g/mol. The van der Waals surface area contributed by atoms with Gasteiger partial charge >= 0.3 is 0 Å². The molecule has 0 aliphatic heterocycles. The third-order valence-electron chi connectivity index (χ3n) is 2.59. The fourth-order valence-electron chi connectivity index (χ4n) is 1.64. The highest BCUT2D eigenvalue weighted by Crippen LogP contribution is 2.16. The van der Waals surface area contributed by atoms with Crippen molar-refractivity contribution in [3.63, 3.8) is 0 Å². The minimum atomic E-state index is -0.321. The van der Waals surface area contributed by atoms with E-state index in [0.29, 0.717) is 22.5 Å². The smallest absolute Gasteiger partial charge is 0.137 e. The van der Waals surface area contributed by atoms with Crippen molar-refractivity contribution >= 4 is 21.7 Å². The summed E-state index contributed by atoms with van der Waals surface area (Å²) in [5.41, 5.74) is 0.472. The van der Waals surface area contributed by atoms with Gasteiger partial charge in [0.2, 0.25) is 0 Å². The number of nitrogens with one attached hydrogen (secondary N) is 1. The third-order valence-corrected chi connectivity index (χ3v) is 3.08. The Labute approximate surface area is 116 Å². The number of carbonyl (C=O) groups is 1. The number of benzene rings is 1. The van der Waals surface area contributed by atoms with E-state index in [1.54, 1.807) is 12.1 Å². The van der Waals surface area contributed by atoms with Crippen LogP contribution in [0.5, 0.6) is 0 Å². The molecule has 0 unspecified atom stereocenters. The lowest BCUT2D eigenvalue weighted by molar-refractivity contribution is -0.118. The predicted molar refractivity (Wildman–Crippen MR) is 75.2 cm³/mol. The van der Waals surface area contributed by atoms with Crippen LogP contribution in [0.2, 0.25) is 0 Å². The zero-order valence-electron chi connectivity index (χ0n) is 10.8. The number of rotatable bonds is 7. The van der Waals surface area contributed by atoms with Gasteiger partial charge < -0.3 is 5.32 Å². The molecule has 0 saturated carbocycles. The summed E-state index contributed by atoms with van der Waals surface area (Å²) < 4.78 is 14.2. The van der Waals surface area contributed by atoms with Gasteiger partial charge in [0.15, 0.2) is 0 Å². The fourth-order valence-corrected chi connectivity index (χ4v) is 1.98. The topological polar surface area (TPSA) is 29.1 Å². The zero-order valence-corrected chi connectivity index (χ0v) is 12.4. The number of hydrogen-bond donors (Lipinski definition) is 1. The Morgan fingerprint density at radius 3 is 2.78 bits per heavy atom. The monoisotopic (exact) mass is 315 g/mol. The predicted octanol–water partition coefficient (Wildman–Crippen LogP) is 3.48. The number of hydrogen-bond acceptors (Lipinski definition) is 2. The summed E-state index contributed by atoms with van der Waals surface area (Å²) in [6, 6.07) is 5.24. The number of Topliss-reactive ketones (excluding diaryl/α,β-unsaturated/α-hetero) is 1. The molecule has 0 radical (unpaired) electrons. The number of halogens is 2. The van der Waals surface area contributed by atoms with E-state index in [0.717, 1.165) is 13.0 Å². The van der Waals surface area contributed by atoms with Crippen molar-refractivity contribution in [3.05, 3.63) is 34.1 Å². The standard InChI is InChI=1S/C14H19BrFNO/c1-10(2)17-7-3-4-13(18)8-11-5-6-12(15)9-14(11)16/h5-6,9-10,17H,3-4,7-8H2,1-2H3. The van der Waals surface area contributed by atoms with Crippen LogP contribution in [0, 0.1) is 5.82 Å². The molecule has 0 heterocycles. The first kappa shape index (κ1) is 15.3. The van der Waals surface area contributed by atoms with Crippen LogP contribution in [0.4, 0.5) is 4.39 Å². The van der Waals surface area contributed by atoms with Gasteiger partial charge in [-0.05, 0) is 30.7 Å². The molecule has 0 bridgehead atoms. The van der Waals surface area contributed by atoms with Crippen molar-refractivity contribution in [2.45, 2.75) is 39.2 Å². The molecule has 0 fully saturated rings. The third kappa shape index (κ3) is 5.74. The fraction of sp³-hybridized carbons (Fsp3) is 0.500. The lowest BCUT2D eigenvalue weighted by Crippen LogP contribution is -2.24. The zero-order chi connectivity index (χ0) is 13.5. The van der Waals surface area contributed by atoms with Gasteiger partial charge in [0.1, 0.15) is 11.6 Å². The summed E-state index contributed by atoms with van der Waals surface area (Å²) in [5.74, 6) is -0.236. The molecular weight excluding hydrogens is 297 g/mol. The van der Waals surface area contributed by atoms with Crippen LogP contribution in [0.1, 0.15) is 32.3 Å². The first-order valence-electron chi connectivity index (χ1n) is 6.18. The van der Waals surface area contributed by atoms with Crippen LogP contribution < -0.4 is 5.32 Å². The van der Waals surface area contributed by atoms with E-state index < -0.39 is 0 Å². The van der Waals surface area contributed by atoms with Gasteiger partial charge in [-0.15, -0.1) is 0 Å². The van der Waals surface area contributed by atoms with E-state index >= 15 is 0 Å². The van der Waals surface area contributed by atoms with Crippen LogP contribution in [-0.4, -0.2) is 18.4 Å². The molecule has 0 saturated heterocycles. The summed E-state index contributed by atoms with van der Waals surface area (Å²) >= 11 is 3.19. The summed E-state index contributed by atoms with van der Waals surface area (Å²) in [4.78, 5) is 11.7. The molecule has 0 spiro atoms. The molecule has 4 heteroatoms. The summed E-state index contributed by atoms with van der Waals surface area (Å²) in [7, 11) is 0. The molecule has 1 aromatic rings. The molecule has 1 N–H and O–H groups in total. The van der Waals surface area contributed by atoms with E-state index in [9.17, 15) is 9.18 Å². The van der Waals surface area contributed by atoms with E-state index in [1.807, 2.05) is 0 Å². The van der Waals surface area contributed by atoms with Crippen LogP contribution in [0.3, 0.4) is 0 Å². The van der Waals surface area contributed by atoms with Crippen molar-refractivity contribution in [2.24, 2.45) is 0 Å². The molecule has 0 aliphatic rings. The van der Waals surface area contributed by atoms with Crippen LogP contribution >= 0.6 is 15.9 Å². The van der Waals surface area contributed by atoms with E-state index in [4.69, 9.17) is 0 Å². The van der Waals surface area contributed by atoms with E-state index in [-0.39, 0.29) is 18.0 Å². The Kier molecular flexibility index (Phi) is 6.50. The van der Waals surface area contributed by atoms with Crippen molar-refractivity contribution in [1.29, 1.82) is 0 Å². The second-order valence-electron chi connectivity index (χ2n) is 4.66. The SMILES string of the molecule is CC(C)NCCCC(=O)Cc1ccc(Br)cc1F. The molecule has 0 atom stereocenters. The largest absolute Gasteiger partial charge is 0.315 e. The molecule has 0 amide bonds. The first-order valence-corrected chi connectivity index (χ1v) is 6.97. The molecule has 1 aromatic carbocycles. The highest BCUT2D eigenvalue weighted by atomic mass is 79.9. The Morgan fingerprint density at radius 1 is 1.44 bits per heavy atom. The Morgan fingerprint density at radius 2 is 2.17 bits per heavy atom. The van der Waals surface area contributed by atoms with Gasteiger partial charge in [-0.1, -0.05) is 35.8 Å². The lowest BCUT2D eigenvalue weighted by Gasteiger charge is -2.07. The Balaban J connectivity index is 2.35. The maximum atomic E-state index is 13.5. The second kappa shape index (κ2) is 7.64. The molecule has 100 valence electrons. The quantitative estimate of drug-likeness (QED) is 0.780. The van der Waals surface area contributed by atoms with E-state index in [1.165, 1.54) is 6.07 Å². The maximum Gasteiger partial charge on any atom is 0.137 e. The highest BCUT2D eigenvalue weighted by molar-refractivity contribution is 9.10. The molecule has 18 heavy (non-hydrogen) atoms. The van der Waals surface area contributed by atoms with Crippen molar-refractivity contribution in [2.75, 3.05) is 6.54 Å². The minimum Gasteiger partial charge on any atom is -0.315 e. The highest BCUT2D eigenvalue weighted by Gasteiger charge is 2.08. The van der Waals surface area contributed by atoms with E-state index in [2.05, 4.69) is 35.1 Å². The maximum absolute atomic E-state index is 13.5. The van der Waals surface area contributed by atoms with Crippen LogP contribution in [0.25, 0.3) is 0 Å². The van der Waals surface area contributed by atoms with Crippen molar-refractivity contribution in [1.82, 2.24) is 5.32 Å². The molecule has 0 aliphatic carbocycles. The summed E-state index contributed by atoms with van der Waals surface area (Å²) in [6.45, 7) is 4.96. The number of carbonyl (C=O) groups excluding carboxylic acids is 1. The Hall–Kier alpha value is -0.740. The van der Waals surface area contributed by atoms with Gasteiger partial charge in [0.25, 0.3) is 0 Å². The summed E-state index contributed by atoms with van der Waals surface area (Å²) in [6.07, 6.45) is 1.48. The minimum absolute atomic E-state index is 0.0850. The van der Waals surface area contributed by atoms with Gasteiger partial charge in [-0.2, -0.15) is 0 Å². The molecule has 1 rings (SSSR count). The number of ketones is 1. The summed E-state index contributed by atoms with van der Waals surface area (Å²) in [5, 5.41) is 3.25. The molecule has 2 nitrogen and oxygen atoms in total. The van der Waals surface area contributed by atoms with Gasteiger partial charge in [0, 0.05) is 23.4 Å². The normalized spacial score (nSPS) is 10.9. The van der Waals surface area contributed by atoms with Crippen LogP contribution in [0.15, 0.2) is 22.7 Å². The second-order valence-corrected chi connectivity index (χ2v) is 5.58. The van der Waals surface area contributed by atoms with Crippen molar-refractivity contribution < 1.29 is 9.18 Å². The molecule has 0 aromatic heterocycles. The van der Waals surface area contributed by atoms with Gasteiger partial charge in [-0.3, -0.25) is 4.79 Å². The van der Waals surface area contributed by atoms with Crippen molar-refractivity contribution in [3.8, 4) is 0 Å². The lowest BCUT2D eigenvalue weighted by atomic mass is 10.1. The van der Waals surface area contributed by atoms with Gasteiger partial charge in [0.05, 0.1) is 0 Å². The first-order chi connectivity index (χ1) is 8.49. The van der Waals surface area contributed by atoms with Gasteiger partial charge in [-0.25, -0.2) is 4.39 Å².